The minimum atomic E-state index is -1.59. The summed E-state index contributed by atoms with van der Waals surface area (Å²) < 4.78 is 26.0. The molecule has 0 N–H and O–H groups in total. The van der Waals surface area contributed by atoms with Gasteiger partial charge in [0.25, 0.3) is 0 Å². The van der Waals surface area contributed by atoms with E-state index in [9.17, 15) is 13.6 Å². The highest BCUT2D eigenvalue weighted by Crippen LogP contribution is 2.38. The van der Waals surface area contributed by atoms with Gasteiger partial charge in [0.2, 0.25) is 5.78 Å². The van der Waals surface area contributed by atoms with Crippen molar-refractivity contribution in [3.63, 3.8) is 0 Å². The summed E-state index contributed by atoms with van der Waals surface area (Å²) in [5, 5.41) is 0. The molecule has 13 heavy (non-hydrogen) atoms. The van der Waals surface area contributed by atoms with E-state index in [1.54, 1.807) is 0 Å². The minimum Gasteiger partial charge on any atom is -0.293 e. The van der Waals surface area contributed by atoms with Crippen LogP contribution in [0, 0.1) is 11.3 Å². The molecule has 0 radical (unpaired) electrons. The van der Waals surface area contributed by atoms with Crippen molar-refractivity contribution in [1.29, 1.82) is 0 Å². The highest BCUT2D eigenvalue weighted by Gasteiger charge is 2.40. The molecule has 3 heteroatoms. The van der Waals surface area contributed by atoms with Crippen LogP contribution >= 0.6 is 0 Å². The molecular weight excluding hydrogens is 174 g/mol. The van der Waals surface area contributed by atoms with Gasteiger partial charge in [0.15, 0.2) is 12.3 Å². The van der Waals surface area contributed by atoms with E-state index in [1.165, 1.54) is 0 Å². The van der Waals surface area contributed by atoms with E-state index >= 15 is 0 Å². The summed E-state index contributed by atoms with van der Waals surface area (Å²) in [6.45, 7) is 5.85. The third-order valence-corrected chi connectivity index (χ3v) is 2.83. The Morgan fingerprint density at radius 3 is 1.85 bits per heavy atom. The highest BCUT2D eigenvalue weighted by atomic mass is 19.1. The van der Waals surface area contributed by atoms with Crippen LogP contribution in [0.4, 0.5) is 8.78 Å². The molecule has 1 aliphatic rings. The van der Waals surface area contributed by atoms with Crippen molar-refractivity contribution in [3.8, 4) is 0 Å². The standard InChI is InChI=1S/C10H16F2O/c1-10(2,3)6-4-7(11)9(13)8(12)5-6/h6-8H,4-5H2,1-3H3/t7-,8-/m1/s1. The number of carbonyl (C=O) groups is 1. The molecule has 0 aromatic heterocycles. The van der Waals surface area contributed by atoms with E-state index in [1.807, 2.05) is 20.8 Å². The summed E-state index contributed by atoms with van der Waals surface area (Å²) in [5.74, 6) is -0.893. The first-order valence-corrected chi connectivity index (χ1v) is 4.64. The van der Waals surface area contributed by atoms with E-state index in [2.05, 4.69) is 0 Å². The first-order chi connectivity index (χ1) is 5.82. The molecule has 1 nitrogen and oxygen atoms in total. The summed E-state index contributed by atoms with van der Waals surface area (Å²) in [7, 11) is 0. The topological polar surface area (TPSA) is 17.1 Å². The van der Waals surface area contributed by atoms with Gasteiger partial charge in [-0.05, 0) is 24.2 Å². The zero-order valence-corrected chi connectivity index (χ0v) is 8.31. The van der Waals surface area contributed by atoms with E-state index in [4.69, 9.17) is 0 Å². The lowest BCUT2D eigenvalue weighted by atomic mass is 9.71. The van der Waals surface area contributed by atoms with Crippen molar-refractivity contribution in [2.24, 2.45) is 11.3 Å². The monoisotopic (exact) mass is 190 g/mol. The van der Waals surface area contributed by atoms with Crippen LogP contribution < -0.4 is 0 Å². The number of halogens is 2. The van der Waals surface area contributed by atoms with Gasteiger partial charge in [0.05, 0.1) is 0 Å². The number of rotatable bonds is 0. The third-order valence-electron chi connectivity index (χ3n) is 2.83. The SMILES string of the molecule is CC(C)(C)C1C[C@@H](F)C(=O)[C@H](F)C1. The second kappa shape index (κ2) is 3.35. The van der Waals surface area contributed by atoms with Crippen LogP contribution in [0.15, 0.2) is 0 Å². The fourth-order valence-electron chi connectivity index (χ4n) is 1.73. The molecule has 1 rings (SSSR count). The second-order valence-corrected chi connectivity index (χ2v) is 4.87. The maximum Gasteiger partial charge on any atom is 0.200 e. The molecule has 0 unspecified atom stereocenters. The molecule has 1 fully saturated rings. The second-order valence-electron chi connectivity index (χ2n) is 4.87. The van der Waals surface area contributed by atoms with Gasteiger partial charge in [-0.25, -0.2) is 8.78 Å². The number of hydrogen-bond acceptors (Lipinski definition) is 1. The molecule has 0 bridgehead atoms. The van der Waals surface area contributed by atoms with Crippen LogP contribution in [-0.4, -0.2) is 18.1 Å². The summed E-state index contributed by atoms with van der Waals surface area (Å²) in [5.41, 5.74) is -0.116. The molecular formula is C10H16F2O. The normalized spacial score (nSPS) is 36.4. The number of ketones is 1. The molecule has 2 atom stereocenters. The summed E-state index contributed by atoms with van der Waals surface area (Å²) in [6, 6.07) is 0. The minimum absolute atomic E-state index is 0.0322. The van der Waals surface area contributed by atoms with Crippen LogP contribution in [0.5, 0.6) is 0 Å². The van der Waals surface area contributed by atoms with Crippen molar-refractivity contribution >= 4 is 5.78 Å². The predicted octanol–water partition coefficient (Wildman–Crippen LogP) is 2.69. The maximum atomic E-state index is 13.0. The lowest BCUT2D eigenvalue weighted by Crippen LogP contribution is -2.40. The zero-order valence-electron chi connectivity index (χ0n) is 8.31. The average molecular weight is 190 g/mol. The van der Waals surface area contributed by atoms with Gasteiger partial charge in [0, 0.05) is 0 Å². The first kappa shape index (κ1) is 10.6. The Balaban J connectivity index is 2.69. The molecule has 0 aromatic rings. The lowest BCUT2D eigenvalue weighted by Gasteiger charge is -2.35. The average Bonchev–Trinajstić information content (AvgIpc) is 1.97. The molecule has 0 saturated heterocycles. The van der Waals surface area contributed by atoms with Crippen LogP contribution in [-0.2, 0) is 4.79 Å². The molecule has 1 aliphatic carbocycles. The summed E-state index contributed by atoms with van der Waals surface area (Å²) in [4.78, 5) is 10.8. The summed E-state index contributed by atoms with van der Waals surface area (Å²) in [6.07, 6.45) is -2.81. The zero-order chi connectivity index (χ0) is 10.2. The van der Waals surface area contributed by atoms with Gasteiger partial charge in [0.1, 0.15) is 0 Å². The fraction of sp³-hybridized carbons (Fsp3) is 0.900. The van der Waals surface area contributed by atoms with Crippen LogP contribution in [0.3, 0.4) is 0 Å². The van der Waals surface area contributed by atoms with Gasteiger partial charge in [-0.1, -0.05) is 20.8 Å². The van der Waals surface area contributed by atoms with Crippen molar-refractivity contribution < 1.29 is 13.6 Å². The first-order valence-electron chi connectivity index (χ1n) is 4.64. The van der Waals surface area contributed by atoms with Crippen LogP contribution in [0.1, 0.15) is 33.6 Å². The van der Waals surface area contributed by atoms with E-state index in [0.717, 1.165) is 0 Å². The molecule has 0 amide bonds. The smallest absolute Gasteiger partial charge is 0.200 e. The van der Waals surface area contributed by atoms with Gasteiger partial charge in [-0.2, -0.15) is 0 Å². The maximum absolute atomic E-state index is 13.0. The number of Topliss-reactive ketones (excluding diaryl/α,β-unsaturated/α-hetero) is 1. The fourth-order valence-corrected chi connectivity index (χ4v) is 1.73. The van der Waals surface area contributed by atoms with Crippen molar-refractivity contribution in [2.75, 3.05) is 0 Å². The van der Waals surface area contributed by atoms with E-state index < -0.39 is 18.1 Å². The molecule has 0 heterocycles. The van der Waals surface area contributed by atoms with Gasteiger partial charge in [-0.15, -0.1) is 0 Å². The summed E-state index contributed by atoms with van der Waals surface area (Å²) >= 11 is 0. The Morgan fingerprint density at radius 2 is 1.54 bits per heavy atom. The Hall–Kier alpha value is -0.470. The molecule has 0 aromatic carbocycles. The highest BCUT2D eigenvalue weighted by molar-refractivity contribution is 5.87. The Bertz CT molecular complexity index is 193. The third kappa shape index (κ3) is 2.26. The van der Waals surface area contributed by atoms with Crippen LogP contribution in [0.2, 0.25) is 0 Å². The van der Waals surface area contributed by atoms with Gasteiger partial charge >= 0.3 is 0 Å². The van der Waals surface area contributed by atoms with Gasteiger partial charge in [-0.3, -0.25) is 4.79 Å². The molecule has 76 valence electrons. The number of carbonyl (C=O) groups excluding carboxylic acids is 1. The van der Waals surface area contributed by atoms with Crippen molar-refractivity contribution in [2.45, 2.75) is 46.0 Å². The molecule has 0 aliphatic heterocycles. The van der Waals surface area contributed by atoms with E-state index in [-0.39, 0.29) is 24.2 Å². The predicted molar refractivity (Wildman–Crippen MR) is 47.0 cm³/mol. The number of hydrogen-bond donors (Lipinski definition) is 0. The van der Waals surface area contributed by atoms with Crippen molar-refractivity contribution in [3.05, 3.63) is 0 Å². The molecule has 0 spiro atoms. The number of alkyl halides is 2. The Labute approximate surface area is 77.5 Å². The van der Waals surface area contributed by atoms with Crippen LogP contribution in [0.25, 0.3) is 0 Å². The molecule has 1 saturated carbocycles. The van der Waals surface area contributed by atoms with Crippen molar-refractivity contribution in [1.82, 2.24) is 0 Å². The quantitative estimate of drug-likeness (QED) is 0.574. The Kier molecular flexibility index (Phi) is 2.74. The van der Waals surface area contributed by atoms with Gasteiger partial charge < -0.3 is 0 Å². The Morgan fingerprint density at radius 1 is 1.15 bits per heavy atom. The largest absolute Gasteiger partial charge is 0.293 e. The lowest BCUT2D eigenvalue weighted by molar-refractivity contribution is -0.134. The van der Waals surface area contributed by atoms with E-state index in [0.29, 0.717) is 0 Å².